The van der Waals surface area contributed by atoms with Crippen molar-refractivity contribution in [2.45, 2.75) is 19.9 Å². The van der Waals surface area contributed by atoms with Gasteiger partial charge in [-0.25, -0.2) is 4.39 Å². The van der Waals surface area contributed by atoms with Crippen LogP contribution in [-0.4, -0.2) is 62.1 Å². The Hall–Kier alpha value is -3.39. The van der Waals surface area contributed by atoms with Crippen LogP contribution in [0.25, 0.3) is 5.76 Å². The first-order chi connectivity index (χ1) is 15.9. The quantitative estimate of drug-likeness (QED) is 0.343. The number of methoxy groups -OCH3 is 2. The number of rotatable bonds is 9. The van der Waals surface area contributed by atoms with Crippen LogP contribution in [0.1, 0.15) is 31.0 Å². The molecule has 2 aromatic rings. The van der Waals surface area contributed by atoms with Crippen molar-refractivity contribution in [2.24, 2.45) is 0 Å². The first-order valence-electron chi connectivity index (χ1n) is 11.0. The highest BCUT2D eigenvalue weighted by Crippen LogP contribution is 2.39. The second-order valence-corrected chi connectivity index (χ2v) is 7.82. The number of likely N-dealkylation sites (tertiary alicyclic amines) is 1. The van der Waals surface area contributed by atoms with Crippen LogP contribution >= 0.6 is 0 Å². The number of hydrogen-bond donors (Lipinski definition) is 2. The predicted molar refractivity (Wildman–Crippen MR) is 122 cm³/mol. The lowest BCUT2D eigenvalue weighted by atomic mass is 9.95. The number of benzene rings is 2. The van der Waals surface area contributed by atoms with Gasteiger partial charge in [0.2, 0.25) is 0 Å². The van der Waals surface area contributed by atoms with Crippen molar-refractivity contribution >= 4 is 17.4 Å². The second-order valence-electron chi connectivity index (χ2n) is 7.82. The maximum atomic E-state index is 14.3. The molecule has 0 spiro atoms. The lowest BCUT2D eigenvalue weighted by Crippen LogP contribution is -3.12. The van der Waals surface area contributed by atoms with Crippen LogP contribution in [0.3, 0.4) is 0 Å². The van der Waals surface area contributed by atoms with Gasteiger partial charge in [0.25, 0.3) is 11.7 Å². The third kappa shape index (κ3) is 4.85. The zero-order valence-electron chi connectivity index (χ0n) is 19.4. The number of carbonyl (C=O) groups excluding carboxylic acids is 2. The van der Waals surface area contributed by atoms with E-state index in [9.17, 15) is 19.1 Å². The molecule has 0 aromatic heterocycles. The van der Waals surface area contributed by atoms with Gasteiger partial charge in [-0.1, -0.05) is 12.1 Å². The van der Waals surface area contributed by atoms with Gasteiger partial charge < -0.3 is 24.4 Å². The number of amides is 1. The molecule has 1 heterocycles. The first-order valence-corrected chi connectivity index (χ1v) is 11.0. The van der Waals surface area contributed by atoms with Crippen LogP contribution in [0.15, 0.2) is 48.0 Å². The summed E-state index contributed by atoms with van der Waals surface area (Å²) in [6.07, 6.45) is 0. The molecule has 1 fully saturated rings. The van der Waals surface area contributed by atoms with Gasteiger partial charge in [0, 0.05) is 5.56 Å². The Morgan fingerprint density at radius 3 is 2.27 bits per heavy atom. The lowest BCUT2D eigenvalue weighted by Gasteiger charge is -2.27. The molecule has 0 radical (unpaired) electrons. The molecule has 7 nitrogen and oxygen atoms in total. The normalized spacial score (nSPS) is 17.6. The monoisotopic (exact) mass is 457 g/mol. The van der Waals surface area contributed by atoms with Gasteiger partial charge in [-0.2, -0.15) is 0 Å². The van der Waals surface area contributed by atoms with E-state index in [1.807, 2.05) is 0 Å². The van der Waals surface area contributed by atoms with Gasteiger partial charge in [-0.05, 0) is 49.7 Å². The molecule has 1 saturated heterocycles. The van der Waals surface area contributed by atoms with Crippen molar-refractivity contribution in [2.75, 3.05) is 40.4 Å². The fourth-order valence-corrected chi connectivity index (χ4v) is 4.09. The minimum Gasteiger partial charge on any atom is -0.507 e. The Morgan fingerprint density at radius 1 is 1.06 bits per heavy atom. The SMILES string of the molecule is CC[NH+](CC)CCN1C(=O)C(=O)C(=C(O)c2ccc(OC)c(F)c2)[C@@H]1c1ccc(OC)cc1. The third-order valence-electron chi connectivity index (χ3n) is 6.10. The van der Waals surface area contributed by atoms with Crippen LogP contribution in [0.5, 0.6) is 11.5 Å². The van der Waals surface area contributed by atoms with Crippen molar-refractivity contribution < 1.29 is 33.5 Å². The Kier molecular flexibility index (Phi) is 7.71. The minimum absolute atomic E-state index is 0.0147. The number of quaternary nitrogens is 1. The average Bonchev–Trinajstić information content (AvgIpc) is 3.09. The molecule has 0 unspecified atom stereocenters. The van der Waals surface area contributed by atoms with E-state index < -0.39 is 29.3 Å². The number of carbonyl (C=O) groups is 2. The zero-order chi connectivity index (χ0) is 24.1. The highest BCUT2D eigenvalue weighted by molar-refractivity contribution is 6.46. The van der Waals surface area contributed by atoms with Crippen LogP contribution in [0, 0.1) is 5.82 Å². The largest absolute Gasteiger partial charge is 0.507 e. The van der Waals surface area contributed by atoms with E-state index in [2.05, 4.69) is 13.8 Å². The Labute approximate surface area is 193 Å². The number of halogens is 1. The topological polar surface area (TPSA) is 80.5 Å². The predicted octanol–water partition coefficient (Wildman–Crippen LogP) is 2.19. The molecule has 0 aliphatic carbocycles. The molecule has 2 aromatic carbocycles. The van der Waals surface area contributed by atoms with Crippen molar-refractivity contribution in [1.82, 2.24) is 4.90 Å². The van der Waals surface area contributed by atoms with Crippen molar-refractivity contribution in [1.29, 1.82) is 0 Å². The summed E-state index contributed by atoms with van der Waals surface area (Å²) in [6.45, 7) is 6.89. The summed E-state index contributed by atoms with van der Waals surface area (Å²) in [7, 11) is 2.89. The molecule has 176 valence electrons. The molecule has 2 N–H and O–H groups in total. The van der Waals surface area contributed by atoms with E-state index >= 15 is 0 Å². The summed E-state index contributed by atoms with van der Waals surface area (Å²) < 4.78 is 24.5. The van der Waals surface area contributed by atoms with Crippen LogP contribution in [0.2, 0.25) is 0 Å². The second kappa shape index (κ2) is 10.5. The smallest absolute Gasteiger partial charge is 0.295 e. The van der Waals surface area contributed by atoms with E-state index in [-0.39, 0.29) is 16.9 Å². The molecule has 3 rings (SSSR count). The Balaban J connectivity index is 2.10. The number of ketones is 1. The van der Waals surface area contributed by atoms with Crippen molar-refractivity contribution in [3.63, 3.8) is 0 Å². The highest BCUT2D eigenvalue weighted by atomic mass is 19.1. The Bertz CT molecular complexity index is 1050. The molecular weight excluding hydrogens is 427 g/mol. The third-order valence-corrected chi connectivity index (χ3v) is 6.10. The number of nitrogens with one attached hydrogen (secondary N) is 1. The van der Waals surface area contributed by atoms with Crippen LogP contribution < -0.4 is 14.4 Å². The van der Waals surface area contributed by atoms with Gasteiger partial charge in [-0.15, -0.1) is 0 Å². The molecule has 1 aliphatic heterocycles. The zero-order valence-corrected chi connectivity index (χ0v) is 19.4. The molecule has 1 aliphatic rings. The standard InChI is InChI=1S/C25H29FN2O5/c1-5-27(6-2)13-14-28-22(16-7-10-18(32-3)11-8-16)21(24(30)25(28)31)23(29)17-9-12-20(33-4)19(26)15-17/h7-12,15,22,29H,5-6,13-14H2,1-4H3/p+1/t22-/m0/s1. The van der Waals surface area contributed by atoms with E-state index in [4.69, 9.17) is 9.47 Å². The lowest BCUT2D eigenvalue weighted by molar-refractivity contribution is -0.895. The summed E-state index contributed by atoms with van der Waals surface area (Å²) in [6, 6.07) is 10.1. The molecule has 8 heteroatoms. The Morgan fingerprint density at radius 2 is 1.73 bits per heavy atom. The number of Topliss-reactive ketones (excluding diaryl/α,β-unsaturated/α-hetero) is 1. The number of nitrogens with zero attached hydrogens (tertiary/aromatic N) is 1. The van der Waals surface area contributed by atoms with E-state index in [0.717, 1.165) is 19.2 Å². The fourth-order valence-electron chi connectivity index (χ4n) is 4.09. The maximum Gasteiger partial charge on any atom is 0.295 e. The van der Waals surface area contributed by atoms with Gasteiger partial charge >= 0.3 is 0 Å². The van der Waals surface area contributed by atoms with Gasteiger partial charge in [0.15, 0.2) is 11.6 Å². The summed E-state index contributed by atoms with van der Waals surface area (Å²) in [5.41, 5.74) is 0.684. The van der Waals surface area contributed by atoms with E-state index in [1.165, 1.54) is 29.0 Å². The molecular formula is C25H30FN2O5+. The van der Waals surface area contributed by atoms with Crippen LogP contribution in [-0.2, 0) is 9.59 Å². The van der Waals surface area contributed by atoms with Crippen LogP contribution in [0.4, 0.5) is 4.39 Å². The van der Waals surface area contributed by atoms with Gasteiger partial charge in [-0.3, -0.25) is 9.59 Å². The van der Waals surface area contributed by atoms with Crippen molar-refractivity contribution in [3.05, 3.63) is 65.0 Å². The minimum atomic E-state index is -0.795. The maximum absolute atomic E-state index is 14.3. The summed E-state index contributed by atoms with van der Waals surface area (Å²) >= 11 is 0. The summed E-state index contributed by atoms with van der Waals surface area (Å²) in [5.74, 6) is -1.94. The number of hydrogen-bond acceptors (Lipinski definition) is 5. The molecule has 1 atom stereocenters. The van der Waals surface area contributed by atoms with E-state index in [0.29, 0.717) is 24.4 Å². The number of likely N-dealkylation sites (N-methyl/N-ethyl adjacent to an activating group) is 1. The average molecular weight is 458 g/mol. The highest BCUT2D eigenvalue weighted by Gasteiger charge is 2.46. The molecule has 33 heavy (non-hydrogen) atoms. The van der Waals surface area contributed by atoms with Crippen molar-refractivity contribution in [3.8, 4) is 11.5 Å². The fraction of sp³-hybridized carbons (Fsp3) is 0.360. The van der Waals surface area contributed by atoms with Gasteiger partial charge in [0.05, 0.1) is 52.0 Å². The van der Waals surface area contributed by atoms with E-state index in [1.54, 1.807) is 31.4 Å². The van der Waals surface area contributed by atoms with Gasteiger partial charge in [0.1, 0.15) is 11.5 Å². The summed E-state index contributed by atoms with van der Waals surface area (Å²) in [4.78, 5) is 28.9. The summed E-state index contributed by atoms with van der Waals surface area (Å²) in [5, 5.41) is 11.1. The molecule has 1 amide bonds. The molecule has 0 bridgehead atoms. The number of aliphatic hydroxyl groups is 1. The number of ether oxygens (including phenoxy) is 2. The molecule has 0 saturated carbocycles. The number of aliphatic hydroxyl groups excluding tert-OH is 1. The first kappa shape index (κ1) is 24.3.